The lowest BCUT2D eigenvalue weighted by Crippen LogP contribution is -2.09. The summed E-state index contributed by atoms with van der Waals surface area (Å²) < 4.78 is 7.29. The molecule has 3 N–H and O–H groups in total. The maximum Gasteiger partial charge on any atom is 0.294 e. The molecule has 0 aliphatic rings. The van der Waals surface area contributed by atoms with Gasteiger partial charge in [-0.15, -0.1) is 0 Å². The van der Waals surface area contributed by atoms with Gasteiger partial charge < -0.3 is 10.2 Å². The molecule has 0 bridgehead atoms. The number of nitrogens with two attached hydrogens (primary N) is 1. The summed E-state index contributed by atoms with van der Waals surface area (Å²) in [5.41, 5.74) is 3.13. The molecule has 2 aromatic rings. The molecule has 0 saturated carbocycles. The van der Waals surface area contributed by atoms with Crippen molar-refractivity contribution in [2.75, 3.05) is 5.43 Å². The van der Waals surface area contributed by atoms with E-state index in [2.05, 4.69) is 37.3 Å². The molecule has 0 aromatic heterocycles. The molecule has 110 valence electrons. The first-order valence-electron chi connectivity index (χ1n) is 5.83. The monoisotopic (exact) mass is 415 g/mol. The third kappa shape index (κ3) is 3.72. The number of ether oxygens (including phenoxy) is 1. The number of hydrazine groups is 1. The lowest BCUT2D eigenvalue weighted by Gasteiger charge is -2.11. The molecular weight excluding hydrogens is 406 g/mol. The summed E-state index contributed by atoms with van der Waals surface area (Å²) in [6, 6.07) is 10.3. The highest BCUT2D eigenvalue weighted by Gasteiger charge is 2.14. The smallest absolute Gasteiger partial charge is 0.294 e. The average molecular weight is 417 g/mol. The van der Waals surface area contributed by atoms with E-state index in [1.165, 1.54) is 6.07 Å². The second-order valence-electron chi connectivity index (χ2n) is 4.09. The number of nitrogens with zero attached hydrogens (tertiary/aromatic N) is 1. The summed E-state index contributed by atoms with van der Waals surface area (Å²) in [4.78, 5) is 10.5. The van der Waals surface area contributed by atoms with Gasteiger partial charge in [0.1, 0.15) is 18.0 Å². The van der Waals surface area contributed by atoms with Crippen molar-refractivity contribution in [3.8, 4) is 5.75 Å². The van der Waals surface area contributed by atoms with Crippen LogP contribution in [0.3, 0.4) is 0 Å². The molecule has 0 fully saturated rings. The van der Waals surface area contributed by atoms with Gasteiger partial charge in [-0.3, -0.25) is 16.0 Å². The fourth-order valence-corrected chi connectivity index (χ4v) is 2.94. The molecule has 2 aromatic carbocycles. The highest BCUT2D eigenvalue weighted by molar-refractivity contribution is 9.11. The van der Waals surface area contributed by atoms with Gasteiger partial charge in [-0.05, 0) is 55.6 Å². The third-order valence-corrected chi connectivity index (χ3v) is 3.97. The van der Waals surface area contributed by atoms with Crippen molar-refractivity contribution < 1.29 is 9.66 Å². The number of nitro benzene ring substituents is 1. The van der Waals surface area contributed by atoms with Gasteiger partial charge in [0, 0.05) is 6.07 Å². The number of nitrogen functional groups attached to an aromatic ring is 1. The van der Waals surface area contributed by atoms with Crippen molar-refractivity contribution in [2.45, 2.75) is 6.61 Å². The van der Waals surface area contributed by atoms with Crippen molar-refractivity contribution >= 4 is 43.2 Å². The van der Waals surface area contributed by atoms with Gasteiger partial charge in [-0.2, -0.15) is 0 Å². The van der Waals surface area contributed by atoms with E-state index in [4.69, 9.17) is 10.6 Å². The Bertz CT molecular complexity index is 659. The van der Waals surface area contributed by atoms with Crippen LogP contribution in [-0.4, -0.2) is 4.92 Å². The van der Waals surface area contributed by atoms with E-state index >= 15 is 0 Å². The highest BCUT2D eigenvalue weighted by Crippen LogP contribution is 2.34. The average Bonchev–Trinajstić information content (AvgIpc) is 2.46. The first kappa shape index (κ1) is 15.7. The minimum atomic E-state index is -0.493. The van der Waals surface area contributed by atoms with E-state index in [0.717, 1.165) is 8.95 Å². The van der Waals surface area contributed by atoms with Crippen LogP contribution in [0, 0.1) is 10.1 Å². The van der Waals surface area contributed by atoms with Crippen molar-refractivity contribution in [1.29, 1.82) is 0 Å². The first-order chi connectivity index (χ1) is 10.0. The maximum atomic E-state index is 11.0. The number of benzene rings is 2. The van der Waals surface area contributed by atoms with Gasteiger partial charge in [0.05, 0.1) is 13.9 Å². The van der Waals surface area contributed by atoms with Crippen molar-refractivity contribution in [2.24, 2.45) is 5.84 Å². The molecule has 0 unspecified atom stereocenters. The van der Waals surface area contributed by atoms with Crippen LogP contribution in [0.2, 0.25) is 0 Å². The zero-order valence-corrected chi connectivity index (χ0v) is 13.8. The molecule has 0 radical (unpaired) electrons. The van der Waals surface area contributed by atoms with E-state index in [1.54, 1.807) is 12.1 Å². The normalized spacial score (nSPS) is 10.2. The Labute approximate surface area is 137 Å². The topological polar surface area (TPSA) is 90.4 Å². The van der Waals surface area contributed by atoms with Crippen LogP contribution in [0.4, 0.5) is 11.4 Å². The largest absolute Gasteiger partial charge is 0.487 e. The van der Waals surface area contributed by atoms with Crippen molar-refractivity contribution in [1.82, 2.24) is 0 Å². The van der Waals surface area contributed by atoms with E-state index in [0.29, 0.717) is 11.3 Å². The number of anilines is 1. The Hall–Kier alpha value is -1.64. The third-order valence-electron chi connectivity index (χ3n) is 2.72. The van der Waals surface area contributed by atoms with Gasteiger partial charge in [0.25, 0.3) is 5.69 Å². The summed E-state index contributed by atoms with van der Waals surface area (Å²) in [6.07, 6.45) is 0. The Morgan fingerprint density at radius 1 is 1.24 bits per heavy atom. The number of hydrogen-bond acceptors (Lipinski definition) is 5. The second kappa shape index (κ2) is 6.88. The fraction of sp³-hybridized carbons (Fsp3) is 0.0769. The van der Waals surface area contributed by atoms with Gasteiger partial charge in [0.15, 0.2) is 0 Å². The Kier molecular flexibility index (Phi) is 5.16. The quantitative estimate of drug-likeness (QED) is 0.437. The van der Waals surface area contributed by atoms with Crippen LogP contribution < -0.4 is 16.0 Å². The fourth-order valence-electron chi connectivity index (χ4n) is 1.72. The molecule has 21 heavy (non-hydrogen) atoms. The van der Waals surface area contributed by atoms with Crippen LogP contribution in [0.25, 0.3) is 0 Å². The molecule has 0 amide bonds. The van der Waals surface area contributed by atoms with Gasteiger partial charge >= 0.3 is 0 Å². The van der Waals surface area contributed by atoms with Crippen LogP contribution in [0.15, 0.2) is 45.3 Å². The standard InChI is InChI=1S/C13H11Br2N3O3/c14-9-2-1-3-10(15)13(9)21-7-8-4-5-11(17-16)12(6-8)18(19)20/h1-6,17H,7,16H2. The zero-order valence-electron chi connectivity index (χ0n) is 10.7. The Morgan fingerprint density at radius 3 is 2.48 bits per heavy atom. The van der Waals surface area contributed by atoms with Gasteiger partial charge in [-0.1, -0.05) is 12.1 Å². The number of nitro groups is 1. The minimum absolute atomic E-state index is 0.0928. The Morgan fingerprint density at radius 2 is 1.90 bits per heavy atom. The molecule has 8 heteroatoms. The van der Waals surface area contributed by atoms with Crippen molar-refractivity contribution in [3.05, 3.63) is 61.0 Å². The molecule has 0 saturated heterocycles. The summed E-state index contributed by atoms with van der Waals surface area (Å²) in [6.45, 7) is 0.201. The van der Waals surface area contributed by atoms with Crippen LogP contribution in [0.5, 0.6) is 5.75 Å². The summed E-state index contributed by atoms with van der Waals surface area (Å²) in [7, 11) is 0. The molecule has 0 heterocycles. The SMILES string of the molecule is NNc1ccc(COc2c(Br)cccc2Br)cc1[N+](=O)[O-]. The maximum absolute atomic E-state index is 11.0. The van der Waals surface area contributed by atoms with E-state index < -0.39 is 4.92 Å². The molecule has 2 rings (SSSR count). The van der Waals surface area contributed by atoms with Gasteiger partial charge in [0.2, 0.25) is 0 Å². The number of halogens is 2. The molecule has 6 nitrogen and oxygen atoms in total. The second-order valence-corrected chi connectivity index (χ2v) is 5.80. The highest BCUT2D eigenvalue weighted by atomic mass is 79.9. The summed E-state index contributed by atoms with van der Waals surface area (Å²) >= 11 is 6.78. The molecular formula is C13H11Br2N3O3. The predicted molar refractivity (Wildman–Crippen MR) is 87.1 cm³/mol. The van der Waals surface area contributed by atoms with Crippen molar-refractivity contribution in [3.63, 3.8) is 0 Å². The number of nitrogens with one attached hydrogen (secondary N) is 1. The summed E-state index contributed by atoms with van der Waals surface area (Å²) in [5, 5.41) is 11.0. The number of rotatable bonds is 5. The van der Waals surface area contributed by atoms with Crippen LogP contribution in [0.1, 0.15) is 5.56 Å². The van der Waals surface area contributed by atoms with E-state index in [-0.39, 0.29) is 18.0 Å². The van der Waals surface area contributed by atoms with Crippen LogP contribution >= 0.6 is 31.9 Å². The number of hydrogen-bond donors (Lipinski definition) is 2. The first-order valence-corrected chi connectivity index (χ1v) is 7.42. The lowest BCUT2D eigenvalue weighted by atomic mass is 10.2. The number of para-hydroxylation sites is 1. The van der Waals surface area contributed by atoms with Crippen LogP contribution in [-0.2, 0) is 6.61 Å². The molecule has 0 aliphatic heterocycles. The summed E-state index contributed by atoms with van der Waals surface area (Å²) in [5.74, 6) is 5.89. The predicted octanol–water partition coefficient (Wildman–Crippen LogP) is 3.98. The molecule has 0 aliphatic carbocycles. The Balaban J connectivity index is 2.21. The molecule has 0 spiro atoms. The molecule has 0 atom stereocenters. The lowest BCUT2D eigenvalue weighted by molar-refractivity contribution is -0.384. The zero-order chi connectivity index (χ0) is 15.4. The van der Waals surface area contributed by atoms with E-state index in [1.807, 2.05) is 18.2 Å². The van der Waals surface area contributed by atoms with E-state index in [9.17, 15) is 10.1 Å². The van der Waals surface area contributed by atoms with Gasteiger partial charge in [-0.25, -0.2) is 0 Å². The minimum Gasteiger partial charge on any atom is -0.487 e.